The Hall–Kier alpha value is -4.01. The van der Waals surface area contributed by atoms with Crippen LogP contribution in [0, 0.1) is 0 Å². The van der Waals surface area contributed by atoms with E-state index in [9.17, 15) is 9.59 Å². The molecule has 0 unspecified atom stereocenters. The normalized spacial score (nSPS) is 13.9. The van der Waals surface area contributed by atoms with Gasteiger partial charge in [-0.25, -0.2) is 9.78 Å². The number of nitrogens with one attached hydrogen (secondary N) is 3. The molecule has 1 aliphatic heterocycles. The van der Waals surface area contributed by atoms with Crippen LogP contribution in [-0.2, 0) is 16.1 Å². The van der Waals surface area contributed by atoms with Gasteiger partial charge in [-0.05, 0) is 48.5 Å². The zero-order chi connectivity index (χ0) is 24.4. The molecule has 0 bridgehead atoms. The lowest BCUT2D eigenvalue weighted by Gasteiger charge is -2.15. The molecule has 0 fully saturated rings. The van der Waals surface area contributed by atoms with E-state index in [-0.39, 0.29) is 5.91 Å². The number of aromatic nitrogens is 1. The second-order valence-corrected chi connectivity index (χ2v) is 8.98. The van der Waals surface area contributed by atoms with Crippen LogP contribution in [0.1, 0.15) is 34.0 Å². The first-order valence-electron chi connectivity index (χ1n) is 11.3. The van der Waals surface area contributed by atoms with Crippen molar-refractivity contribution in [2.45, 2.75) is 13.5 Å². The van der Waals surface area contributed by atoms with Crippen LogP contribution in [0.4, 0.5) is 11.4 Å². The molecule has 3 N–H and O–H groups in total. The van der Waals surface area contributed by atoms with Gasteiger partial charge in [0.25, 0.3) is 5.91 Å². The molecule has 0 radical (unpaired) electrons. The molecule has 1 aliphatic rings. The SMILES string of the molecule is CCNCc1ccc(NC(=C2C(=O)Nc3cc(C(=O)OC)ccc32)c2ccc3ncsc3c2)cc1. The minimum Gasteiger partial charge on any atom is -0.465 e. The summed E-state index contributed by atoms with van der Waals surface area (Å²) in [7, 11) is 1.33. The molecule has 2 heterocycles. The fourth-order valence-electron chi connectivity index (χ4n) is 4.08. The van der Waals surface area contributed by atoms with E-state index in [4.69, 9.17) is 4.74 Å². The monoisotopic (exact) mass is 484 g/mol. The highest BCUT2D eigenvalue weighted by Gasteiger charge is 2.29. The number of methoxy groups -OCH3 is 1. The van der Waals surface area contributed by atoms with Crippen LogP contribution in [0.25, 0.3) is 21.5 Å². The number of hydrogen-bond donors (Lipinski definition) is 3. The molecule has 0 saturated heterocycles. The van der Waals surface area contributed by atoms with E-state index in [1.807, 2.05) is 35.8 Å². The minimum absolute atomic E-state index is 0.238. The first-order chi connectivity index (χ1) is 17.1. The number of nitrogens with zero attached hydrogens (tertiary/aromatic N) is 1. The first kappa shape index (κ1) is 22.8. The Morgan fingerprint density at radius 2 is 1.86 bits per heavy atom. The van der Waals surface area contributed by atoms with E-state index in [1.165, 1.54) is 12.7 Å². The maximum absolute atomic E-state index is 13.2. The van der Waals surface area contributed by atoms with Gasteiger partial charge in [-0.15, -0.1) is 11.3 Å². The van der Waals surface area contributed by atoms with Crippen molar-refractivity contribution in [3.63, 3.8) is 0 Å². The molecule has 8 heteroatoms. The lowest BCUT2D eigenvalue weighted by atomic mass is 9.98. The summed E-state index contributed by atoms with van der Waals surface area (Å²) >= 11 is 1.55. The summed E-state index contributed by atoms with van der Waals surface area (Å²) in [4.78, 5) is 29.6. The van der Waals surface area contributed by atoms with Crippen LogP contribution < -0.4 is 16.0 Å². The van der Waals surface area contributed by atoms with Gasteiger partial charge in [0.1, 0.15) is 0 Å². The molecule has 0 aliphatic carbocycles. The lowest BCUT2D eigenvalue weighted by Crippen LogP contribution is -2.12. The topological polar surface area (TPSA) is 92.3 Å². The fourth-order valence-corrected chi connectivity index (χ4v) is 4.79. The Balaban J connectivity index is 1.61. The predicted molar refractivity (Wildman–Crippen MR) is 140 cm³/mol. The Labute approximate surface area is 206 Å². The van der Waals surface area contributed by atoms with E-state index in [1.54, 1.807) is 29.5 Å². The van der Waals surface area contributed by atoms with Crippen LogP contribution in [0.5, 0.6) is 0 Å². The number of carbonyl (C=O) groups excluding carboxylic acids is 2. The van der Waals surface area contributed by atoms with E-state index in [0.717, 1.165) is 40.1 Å². The van der Waals surface area contributed by atoms with Crippen molar-refractivity contribution in [1.29, 1.82) is 0 Å². The molecule has 0 saturated carbocycles. The van der Waals surface area contributed by atoms with Crippen molar-refractivity contribution in [3.05, 3.63) is 88.4 Å². The number of esters is 1. The summed E-state index contributed by atoms with van der Waals surface area (Å²) in [5, 5.41) is 9.72. The summed E-state index contributed by atoms with van der Waals surface area (Å²) in [6, 6.07) is 19.2. The van der Waals surface area contributed by atoms with Gasteiger partial charge in [-0.1, -0.05) is 31.2 Å². The third-order valence-electron chi connectivity index (χ3n) is 5.86. The standard InChI is InChI=1S/C27H24N4O3S/c1-3-28-14-16-4-8-19(9-5-16)30-25(17-7-11-21-23(13-17)35-15-29-21)24-20-10-6-18(27(33)34-2)12-22(20)31-26(24)32/h4-13,15,28,30H,3,14H2,1-2H3,(H,31,32). The van der Waals surface area contributed by atoms with Crippen LogP contribution in [0.3, 0.4) is 0 Å². The van der Waals surface area contributed by atoms with E-state index < -0.39 is 5.97 Å². The van der Waals surface area contributed by atoms with Gasteiger partial charge in [-0.3, -0.25) is 4.79 Å². The zero-order valence-corrected chi connectivity index (χ0v) is 20.2. The van der Waals surface area contributed by atoms with Crippen LogP contribution in [0.15, 0.2) is 66.2 Å². The molecule has 7 nitrogen and oxygen atoms in total. The molecule has 0 spiro atoms. The molecular formula is C27H24N4O3S. The number of anilines is 2. The van der Waals surface area contributed by atoms with E-state index in [0.29, 0.717) is 22.5 Å². The number of thiazole rings is 1. The highest BCUT2D eigenvalue weighted by Crippen LogP contribution is 2.39. The highest BCUT2D eigenvalue weighted by atomic mass is 32.1. The number of rotatable bonds is 7. The van der Waals surface area contributed by atoms with Gasteiger partial charge >= 0.3 is 5.97 Å². The van der Waals surface area contributed by atoms with E-state index >= 15 is 0 Å². The number of ether oxygens (including phenoxy) is 1. The summed E-state index contributed by atoms with van der Waals surface area (Å²) in [5.74, 6) is -0.691. The molecule has 5 rings (SSSR count). The average Bonchev–Trinajstić information content (AvgIpc) is 3.48. The smallest absolute Gasteiger partial charge is 0.337 e. The second-order valence-electron chi connectivity index (χ2n) is 8.09. The summed E-state index contributed by atoms with van der Waals surface area (Å²) in [6.45, 7) is 3.78. The molecule has 35 heavy (non-hydrogen) atoms. The summed E-state index contributed by atoms with van der Waals surface area (Å²) in [5.41, 5.74) is 8.50. The number of benzene rings is 3. The zero-order valence-electron chi connectivity index (χ0n) is 19.3. The summed E-state index contributed by atoms with van der Waals surface area (Å²) in [6.07, 6.45) is 0. The van der Waals surface area contributed by atoms with Gasteiger partial charge in [0.05, 0.1) is 45.4 Å². The van der Waals surface area contributed by atoms with Crippen molar-refractivity contribution in [2.24, 2.45) is 0 Å². The third-order valence-corrected chi connectivity index (χ3v) is 6.65. The molecule has 4 aromatic rings. The Bertz CT molecular complexity index is 1460. The van der Waals surface area contributed by atoms with E-state index in [2.05, 4.69) is 40.0 Å². The van der Waals surface area contributed by atoms with Crippen molar-refractivity contribution in [1.82, 2.24) is 10.3 Å². The molecule has 0 atom stereocenters. The maximum atomic E-state index is 13.2. The van der Waals surface area contributed by atoms with Crippen LogP contribution in [-0.4, -0.2) is 30.5 Å². The Morgan fingerprint density at radius 1 is 1.06 bits per heavy atom. The molecule has 176 valence electrons. The largest absolute Gasteiger partial charge is 0.465 e. The Kier molecular flexibility index (Phi) is 6.31. The van der Waals surface area contributed by atoms with Crippen molar-refractivity contribution in [2.75, 3.05) is 24.3 Å². The fraction of sp³-hybridized carbons (Fsp3) is 0.148. The quantitative estimate of drug-likeness (QED) is 0.249. The maximum Gasteiger partial charge on any atom is 0.337 e. The second kappa shape index (κ2) is 9.69. The molecular weight excluding hydrogens is 460 g/mol. The minimum atomic E-state index is -0.453. The van der Waals surface area contributed by atoms with Crippen molar-refractivity contribution < 1.29 is 14.3 Å². The molecule has 1 aromatic heterocycles. The van der Waals surface area contributed by atoms with Crippen molar-refractivity contribution >= 4 is 56.1 Å². The highest BCUT2D eigenvalue weighted by molar-refractivity contribution is 7.16. The summed E-state index contributed by atoms with van der Waals surface area (Å²) < 4.78 is 5.86. The van der Waals surface area contributed by atoms with Crippen molar-refractivity contribution in [3.8, 4) is 0 Å². The van der Waals surface area contributed by atoms with Gasteiger partial charge in [0.15, 0.2) is 0 Å². The number of carbonyl (C=O) groups is 2. The van der Waals surface area contributed by atoms with Gasteiger partial charge in [0.2, 0.25) is 0 Å². The number of hydrogen-bond acceptors (Lipinski definition) is 7. The predicted octanol–water partition coefficient (Wildman–Crippen LogP) is 5.12. The van der Waals surface area contributed by atoms with Gasteiger partial charge in [0, 0.05) is 23.4 Å². The third kappa shape index (κ3) is 4.53. The Morgan fingerprint density at radius 3 is 2.63 bits per heavy atom. The number of fused-ring (bicyclic) bond motifs is 2. The molecule has 1 amide bonds. The van der Waals surface area contributed by atoms with Gasteiger partial charge < -0.3 is 20.7 Å². The number of amides is 1. The molecule has 3 aromatic carbocycles. The average molecular weight is 485 g/mol. The van der Waals surface area contributed by atoms with Crippen LogP contribution in [0.2, 0.25) is 0 Å². The van der Waals surface area contributed by atoms with Crippen LogP contribution >= 0.6 is 11.3 Å². The van der Waals surface area contributed by atoms with Gasteiger partial charge in [-0.2, -0.15) is 0 Å². The first-order valence-corrected chi connectivity index (χ1v) is 12.1. The lowest BCUT2D eigenvalue weighted by molar-refractivity contribution is -0.110.